The fourth-order valence-electron chi connectivity index (χ4n) is 3.71. The fourth-order valence-corrected chi connectivity index (χ4v) is 3.71. The highest BCUT2D eigenvalue weighted by Crippen LogP contribution is 1.97. The number of nitrogens with zero attached hydrogens (tertiary/aromatic N) is 7. The number of hydrogen-bond acceptors (Lipinski definition) is 7. The summed E-state index contributed by atoms with van der Waals surface area (Å²) in [7, 11) is 15.8. The Bertz CT molecular complexity index is 373. The molecule has 0 bridgehead atoms. The molecule has 0 aliphatic carbocycles. The van der Waals surface area contributed by atoms with E-state index in [9.17, 15) is 0 Å². The number of likely N-dealkylation sites (N-methyl/N-ethyl adjacent to an activating group) is 7. The van der Waals surface area contributed by atoms with E-state index in [1.807, 2.05) is 0 Å². The van der Waals surface area contributed by atoms with E-state index in [1.54, 1.807) is 0 Å². The van der Waals surface area contributed by atoms with Crippen LogP contribution in [0.3, 0.4) is 0 Å². The minimum absolute atomic E-state index is 1.15. The molecule has 0 saturated carbocycles. The standard InChI is InChI=1S/C23H53N7/c1-24-10-8-12-26(3)16-18-28(5)20-22-30(7)23-21-29(6)19-17-27(4)13-9-11-25(2)15-14-24/h8-23H2,1-7H3. The van der Waals surface area contributed by atoms with Gasteiger partial charge in [0, 0.05) is 65.4 Å². The minimum atomic E-state index is 1.15. The molecule has 0 aromatic heterocycles. The van der Waals surface area contributed by atoms with Crippen molar-refractivity contribution >= 4 is 0 Å². The highest BCUT2D eigenvalue weighted by atomic mass is 15.2. The Morgan fingerprint density at radius 2 is 0.367 bits per heavy atom. The lowest BCUT2D eigenvalue weighted by molar-refractivity contribution is 0.200. The first-order chi connectivity index (χ1) is 14.3. The van der Waals surface area contributed by atoms with Crippen molar-refractivity contribution in [2.24, 2.45) is 0 Å². The van der Waals surface area contributed by atoms with Gasteiger partial charge >= 0.3 is 0 Å². The van der Waals surface area contributed by atoms with Crippen molar-refractivity contribution < 1.29 is 0 Å². The van der Waals surface area contributed by atoms with Crippen molar-refractivity contribution in [1.29, 1.82) is 0 Å². The smallest absolute Gasteiger partial charge is 0.0107 e. The largest absolute Gasteiger partial charge is 0.305 e. The molecule has 7 nitrogen and oxygen atoms in total. The van der Waals surface area contributed by atoms with Gasteiger partial charge in [-0.25, -0.2) is 0 Å². The van der Waals surface area contributed by atoms with Gasteiger partial charge < -0.3 is 34.3 Å². The second-order valence-corrected chi connectivity index (χ2v) is 9.83. The normalized spacial score (nSPS) is 26.1. The van der Waals surface area contributed by atoms with E-state index >= 15 is 0 Å². The summed E-state index contributed by atoms with van der Waals surface area (Å²) in [6, 6.07) is 0. The van der Waals surface area contributed by atoms with Crippen LogP contribution in [0.1, 0.15) is 12.8 Å². The van der Waals surface area contributed by atoms with Crippen LogP contribution in [0, 0.1) is 0 Å². The maximum Gasteiger partial charge on any atom is 0.0107 e. The monoisotopic (exact) mass is 427 g/mol. The lowest BCUT2D eigenvalue weighted by Crippen LogP contribution is -2.39. The maximum atomic E-state index is 2.49. The molecule has 0 unspecified atom stereocenters. The zero-order valence-corrected chi connectivity index (χ0v) is 21.4. The van der Waals surface area contributed by atoms with Gasteiger partial charge in [0.2, 0.25) is 0 Å². The van der Waals surface area contributed by atoms with Crippen LogP contribution in [-0.4, -0.2) is 175 Å². The van der Waals surface area contributed by atoms with E-state index in [0.29, 0.717) is 0 Å². The highest BCUT2D eigenvalue weighted by Gasteiger charge is 2.08. The van der Waals surface area contributed by atoms with Gasteiger partial charge in [-0.1, -0.05) is 0 Å². The molecule has 0 spiro atoms. The molecule has 1 rings (SSSR count). The van der Waals surface area contributed by atoms with Crippen LogP contribution in [-0.2, 0) is 0 Å². The molecule has 1 saturated heterocycles. The van der Waals surface area contributed by atoms with Gasteiger partial charge in [0.1, 0.15) is 0 Å². The predicted octanol–water partition coefficient (Wildman–Crippen LogP) is 0.303. The first-order valence-corrected chi connectivity index (χ1v) is 12.1. The molecule has 0 N–H and O–H groups in total. The minimum Gasteiger partial charge on any atom is -0.305 e. The van der Waals surface area contributed by atoms with E-state index in [-0.39, 0.29) is 0 Å². The van der Waals surface area contributed by atoms with Gasteiger partial charge in [-0.2, -0.15) is 0 Å². The average Bonchev–Trinajstić information content (AvgIpc) is 2.71. The van der Waals surface area contributed by atoms with Crippen molar-refractivity contribution in [3.8, 4) is 0 Å². The topological polar surface area (TPSA) is 22.7 Å². The lowest BCUT2D eigenvalue weighted by atomic mass is 10.3. The third-order valence-electron chi connectivity index (χ3n) is 6.48. The van der Waals surface area contributed by atoms with Crippen molar-refractivity contribution in [2.45, 2.75) is 12.8 Å². The molecule has 30 heavy (non-hydrogen) atoms. The van der Waals surface area contributed by atoms with Gasteiger partial charge in [0.25, 0.3) is 0 Å². The van der Waals surface area contributed by atoms with E-state index < -0.39 is 0 Å². The molecular formula is C23H53N7. The molecule has 0 aromatic carbocycles. The third-order valence-corrected chi connectivity index (χ3v) is 6.48. The zero-order valence-electron chi connectivity index (χ0n) is 21.4. The summed E-state index contributed by atoms with van der Waals surface area (Å²) in [5, 5.41) is 0. The van der Waals surface area contributed by atoms with Gasteiger partial charge in [0.05, 0.1) is 0 Å². The van der Waals surface area contributed by atoms with E-state index in [0.717, 1.165) is 65.4 Å². The zero-order chi connectivity index (χ0) is 22.4. The molecule has 0 aromatic rings. The summed E-state index contributed by atoms with van der Waals surface area (Å²) in [5.41, 5.74) is 0. The summed E-state index contributed by atoms with van der Waals surface area (Å²) in [5.74, 6) is 0. The van der Waals surface area contributed by atoms with Gasteiger partial charge in [-0.15, -0.1) is 0 Å². The summed E-state index contributed by atoms with van der Waals surface area (Å²) in [6.07, 6.45) is 2.50. The number of hydrogen-bond donors (Lipinski definition) is 0. The number of rotatable bonds is 0. The molecular weight excluding hydrogens is 374 g/mol. The summed E-state index contributed by atoms with van der Waals surface area (Å²) >= 11 is 0. The Morgan fingerprint density at radius 3 is 0.533 bits per heavy atom. The first-order valence-electron chi connectivity index (χ1n) is 12.1. The Balaban J connectivity index is 2.47. The quantitative estimate of drug-likeness (QED) is 0.548. The van der Waals surface area contributed by atoms with Gasteiger partial charge in [0.15, 0.2) is 0 Å². The van der Waals surface area contributed by atoms with Crippen LogP contribution in [0.15, 0.2) is 0 Å². The molecule has 7 heteroatoms. The van der Waals surface area contributed by atoms with E-state index in [4.69, 9.17) is 0 Å². The summed E-state index contributed by atoms with van der Waals surface area (Å²) in [6.45, 7) is 16.3. The summed E-state index contributed by atoms with van der Waals surface area (Å²) in [4.78, 5) is 17.4. The van der Waals surface area contributed by atoms with Gasteiger partial charge in [-0.3, -0.25) is 0 Å². The van der Waals surface area contributed by atoms with Crippen molar-refractivity contribution in [2.75, 3.05) is 141 Å². The van der Waals surface area contributed by atoms with Crippen molar-refractivity contribution in [3.05, 3.63) is 0 Å². The predicted molar refractivity (Wildman–Crippen MR) is 132 cm³/mol. The van der Waals surface area contributed by atoms with Crippen LogP contribution in [0.5, 0.6) is 0 Å². The Kier molecular flexibility index (Phi) is 15.1. The Hall–Kier alpha value is -0.280. The highest BCUT2D eigenvalue weighted by molar-refractivity contribution is 4.65. The van der Waals surface area contributed by atoms with Crippen LogP contribution < -0.4 is 0 Å². The van der Waals surface area contributed by atoms with Crippen molar-refractivity contribution in [1.82, 2.24) is 34.3 Å². The van der Waals surface area contributed by atoms with Crippen LogP contribution in [0.25, 0.3) is 0 Å². The molecule has 1 aliphatic rings. The Morgan fingerprint density at radius 1 is 0.233 bits per heavy atom. The van der Waals surface area contributed by atoms with E-state index in [2.05, 4.69) is 83.6 Å². The molecule has 0 radical (unpaired) electrons. The van der Waals surface area contributed by atoms with E-state index in [1.165, 1.54) is 39.0 Å². The van der Waals surface area contributed by atoms with Crippen LogP contribution >= 0.6 is 0 Å². The summed E-state index contributed by atoms with van der Waals surface area (Å²) < 4.78 is 0. The van der Waals surface area contributed by atoms with Gasteiger partial charge in [-0.05, 0) is 88.4 Å². The molecule has 180 valence electrons. The van der Waals surface area contributed by atoms with Crippen molar-refractivity contribution in [3.63, 3.8) is 0 Å². The maximum absolute atomic E-state index is 2.49. The molecule has 1 heterocycles. The first kappa shape index (κ1) is 27.8. The molecule has 0 atom stereocenters. The van der Waals surface area contributed by atoms with Crippen LogP contribution in [0.2, 0.25) is 0 Å². The average molecular weight is 428 g/mol. The second kappa shape index (κ2) is 16.4. The molecule has 1 aliphatic heterocycles. The fraction of sp³-hybridized carbons (Fsp3) is 1.00. The second-order valence-electron chi connectivity index (χ2n) is 9.83. The third kappa shape index (κ3) is 14.7. The SMILES string of the molecule is CN1CCCN(C)CCN(C)CCN(C)CCN(C)CCN(C)CCCN(C)CC1. The molecule has 1 fully saturated rings. The Labute approximate surface area is 188 Å². The van der Waals surface area contributed by atoms with Crippen LogP contribution in [0.4, 0.5) is 0 Å². The lowest BCUT2D eigenvalue weighted by Gasteiger charge is -2.26. The molecule has 0 amide bonds.